The average Bonchev–Trinajstić information content (AvgIpc) is 3.40. The van der Waals surface area contributed by atoms with Gasteiger partial charge in [-0.15, -0.1) is 0 Å². The molecule has 220 valence electrons. The minimum absolute atomic E-state index is 0.0146. The quantitative estimate of drug-likeness (QED) is 0.282. The van der Waals surface area contributed by atoms with Crippen molar-refractivity contribution in [2.75, 3.05) is 19.8 Å². The van der Waals surface area contributed by atoms with Crippen LogP contribution in [-0.4, -0.2) is 50.5 Å². The van der Waals surface area contributed by atoms with Crippen LogP contribution >= 0.6 is 23.2 Å². The Morgan fingerprint density at radius 1 is 0.930 bits per heavy atom. The van der Waals surface area contributed by atoms with E-state index in [0.29, 0.717) is 53.4 Å². The summed E-state index contributed by atoms with van der Waals surface area (Å²) in [6, 6.07) is 21.7. The van der Waals surface area contributed by atoms with Crippen molar-refractivity contribution in [2.24, 2.45) is 5.73 Å². The molecule has 1 aliphatic heterocycles. The highest BCUT2D eigenvalue weighted by Gasteiger charge is 2.25. The molecule has 0 saturated carbocycles. The number of imidazole rings is 1. The number of rotatable bonds is 8. The minimum Gasteiger partial charge on any atom is -0.376 e. The third-order valence-corrected chi connectivity index (χ3v) is 7.83. The number of nitrogens with zero attached hydrogens (tertiary/aromatic N) is 4. The molecule has 12 heteroatoms. The topological polar surface area (TPSA) is 123 Å². The summed E-state index contributed by atoms with van der Waals surface area (Å²) in [5, 5.41) is 0.906. The van der Waals surface area contributed by atoms with Crippen molar-refractivity contribution in [1.82, 2.24) is 18.7 Å². The molecular formula is C31H27Cl2N5O5. The number of fused-ring (bicyclic) bond motifs is 1. The number of ether oxygens (including phenoxy) is 2. The first-order valence-electron chi connectivity index (χ1n) is 13.6. The van der Waals surface area contributed by atoms with E-state index in [4.69, 9.17) is 43.4 Å². The van der Waals surface area contributed by atoms with E-state index < -0.39 is 23.7 Å². The predicted molar refractivity (Wildman–Crippen MR) is 164 cm³/mol. The highest BCUT2D eigenvalue weighted by atomic mass is 35.5. The van der Waals surface area contributed by atoms with Gasteiger partial charge in [0.25, 0.3) is 5.56 Å². The molecule has 2 N–H and O–H groups in total. The maximum atomic E-state index is 13.9. The van der Waals surface area contributed by atoms with Gasteiger partial charge in [0.1, 0.15) is 12.4 Å². The molecule has 0 radical (unpaired) electrons. The zero-order chi connectivity index (χ0) is 30.1. The summed E-state index contributed by atoms with van der Waals surface area (Å²) in [6.07, 6.45) is 0.681. The van der Waals surface area contributed by atoms with E-state index >= 15 is 0 Å². The fourth-order valence-corrected chi connectivity index (χ4v) is 5.57. The predicted octanol–water partition coefficient (Wildman–Crippen LogP) is 3.81. The highest BCUT2D eigenvalue weighted by molar-refractivity contribution is 6.33. The lowest BCUT2D eigenvalue weighted by atomic mass is 10.1. The molecule has 6 rings (SSSR count). The van der Waals surface area contributed by atoms with Gasteiger partial charge in [0.15, 0.2) is 11.2 Å². The first kappa shape index (κ1) is 28.9. The summed E-state index contributed by atoms with van der Waals surface area (Å²) in [5.41, 5.74) is 7.23. The molecule has 0 aliphatic carbocycles. The molecular weight excluding hydrogens is 593 g/mol. The normalized spacial score (nSPS) is 15.2. The molecule has 43 heavy (non-hydrogen) atoms. The van der Waals surface area contributed by atoms with E-state index in [0.717, 1.165) is 15.7 Å². The lowest BCUT2D eigenvalue weighted by molar-refractivity contribution is -0.118. The first-order chi connectivity index (χ1) is 20.8. The maximum Gasteiger partial charge on any atom is 0.333 e. The van der Waals surface area contributed by atoms with E-state index in [1.807, 2.05) is 24.3 Å². The lowest BCUT2D eigenvalue weighted by Gasteiger charge is -2.23. The molecule has 0 spiro atoms. The van der Waals surface area contributed by atoms with E-state index in [-0.39, 0.29) is 23.8 Å². The SMILES string of the molecule is NC(=O)Cn1c(=O)c2c(nc(-c3ccccc3Cl)n2-c2ccc(Cl)cc2)n(Cc2ccc(CC3COCCO3)cc2)c1=O. The summed E-state index contributed by atoms with van der Waals surface area (Å²) in [6.45, 7) is 1.20. The van der Waals surface area contributed by atoms with Gasteiger partial charge < -0.3 is 15.2 Å². The third kappa shape index (κ3) is 5.87. The van der Waals surface area contributed by atoms with Crippen LogP contribution in [0.15, 0.2) is 82.4 Å². The Kier molecular flexibility index (Phi) is 8.18. The van der Waals surface area contributed by atoms with Crippen molar-refractivity contribution in [3.63, 3.8) is 0 Å². The molecule has 1 saturated heterocycles. The third-order valence-electron chi connectivity index (χ3n) is 7.25. The van der Waals surface area contributed by atoms with Gasteiger partial charge in [0, 0.05) is 22.7 Å². The van der Waals surface area contributed by atoms with Gasteiger partial charge in [0.05, 0.1) is 37.5 Å². The molecule has 3 heterocycles. The van der Waals surface area contributed by atoms with Gasteiger partial charge >= 0.3 is 5.69 Å². The van der Waals surface area contributed by atoms with Crippen LogP contribution in [-0.2, 0) is 33.8 Å². The zero-order valence-corrected chi connectivity index (χ0v) is 24.4. The number of carbonyl (C=O) groups excluding carboxylic acids is 1. The van der Waals surface area contributed by atoms with Gasteiger partial charge in [-0.3, -0.25) is 18.7 Å². The van der Waals surface area contributed by atoms with Gasteiger partial charge in [-0.05, 0) is 47.5 Å². The van der Waals surface area contributed by atoms with Gasteiger partial charge in [-0.1, -0.05) is 59.6 Å². The van der Waals surface area contributed by atoms with Crippen molar-refractivity contribution >= 4 is 40.3 Å². The number of benzene rings is 3. The molecule has 1 aliphatic rings. The van der Waals surface area contributed by atoms with Crippen LogP contribution in [0.2, 0.25) is 10.0 Å². The Balaban J connectivity index is 1.54. The van der Waals surface area contributed by atoms with Crippen molar-refractivity contribution in [1.29, 1.82) is 0 Å². The van der Waals surface area contributed by atoms with Crippen molar-refractivity contribution < 1.29 is 14.3 Å². The van der Waals surface area contributed by atoms with Crippen molar-refractivity contribution in [3.8, 4) is 17.1 Å². The molecule has 1 unspecified atom stereocenters. The zero-order valence-electron chi connectivity index (χ0n) is 22.9. The van der Waals surface area contributed by atoms with Crippen LogP contribution in [0.3, 0.4) is 0 Å². The van der Waals surface area contributed by atoms with Crippen LogP contribution < -0.4 is 17.0 Å². The molecule has 5 aromatic rings. The Morgan fingerprint density at radius 2 is 1.65 bits per heavy atom. The molecule has 1 amide bonds. The van der Waals surface area contributed by atoms with E-state index in [1.54, 1.807) is 53.1 Å². The Morgan fingerprint density at radius 3 is 2.33 bits per heavy atom. The Hall–Kier alpha value is -4.22. The molecule has 2 aromatic heterocycles. The molecule has 10 nitrogen and oxygen atoms in total. The minimum atomic E-state index is -0.827. The number of nitrogens with two attached hydrogens (primary N) is 1. The fraction of sp³-hybridized carbons (Fsp3) is 0.226. The number of primary amides is 1. The van der Waals surface area contributed by atoms with Crippen LogP contribution in [0.25, 0.3) is 28.2 Å². The highest BCUT2D eigenvalue weighted by Crippen LogP contribution is 2.32. The summed E-state index contributed by atoms with van der Waals surface area (Å²) in [4.78, 5) is 44.5. The summed E-state index contributed by atoms with van der Waals surface area (Å²) in [7, 11) is 0. The summed E-state index contributed by atoms with van der Waals surface area (Å²) >= 11 is 12.8. The van der Waals surface area contributed by atoms with E-state index in [2.05, 4.69) is 0 Å². The second-order valence-electron chi connectivity index (χ2n) is 10.2. The number of aromatic nitrogens is 4. The van der Waals surface area contributed by atoms with Gasteiger partial charge in [-0.25, -0.2) is 14.3 Å². The van der Waals surface area contributed by atoms with E-state index in [9.17, 15) is 14.4 Å². The van der Waals surface area contributed by atoms with Gasteiger partial charge in [-0.2, -0.15) is 0 Å². The molecule has 3 aromatic carbocycles. The average molecular weight is 620 g/mol. The number of halogens is 2. The second-order valence-corrected chi connectivity index (χ2v) is 11.1. The Bertz CT molecular complexity index is 1920. The van der Waals surface area contributed by atoms with E-state index in [1.165, 1.54) is 4.57 Å². The molecule has 1 fully saturated rings. The summed E-state index contributed by atoms with van der Waals surface area (Å²) in [5.74, 6) is -0.484. The van der Waals surface area contributed by atoms with Crippen LogP contribution in [0.5, 0.6) is 0 Å². The largest absolute Gasteiger partial charge is 0.376 e. The van der Waals surface area contributed by atoms with Gasteiger partial charge in [0.2, 0.25) is 5.91 Å². The summed E-state index contributed by atoms with van der Waals surface area (Å²) < 4.78 is 15.1. The van der Waals surface area contributed by atoms with Crippen LogP contribution in [0.1, 0.15) is 11.1 Å². The van der Waals surface area contributed by atoms with Crippen LogP contribution in [0.4, 0.5) is 0 Å². The molecule has 0 bridgehead atoms. The number of amides is 1. The number of hydrogen-bond donors (Lipinski definition) is 1. The van der Waals surface area contributed by atoms with Crippen molar-refractivity contribution in [3.05, 3.63) is 115 Å². The number of carbonyl (C=O) groups is 1. The standard InChI is InChI=1S/C31H27Cl2N5O5/c32-21-9-11-22(12-10-21)38-27-29(35-28(38)24-3-1-2-4-25(24)33)36(31(41)37(30(27)40)17-26(34)39)16-20-7-5-19(6-8-20)15-23-18-42-13-14-43-23/h1-12,23H,13-18H2,(H2,34,39). The molecule has 1 atom stereocenters. The van der Waals surface area contributed by atoms with Crippen molar-refractivity contribution in [2.45, 2.75) is 25.6 Å². The maximum absolute atomic E-state index is 13.9. The second kappa shape index (κ2) is 12.2. The smallest absolute Gasteiger partial charge is 0.333 e. The monoisotopic (exact) mass is 619 g/mol. The fourth-order valence-electron chi connectivity index (χ4n) is 5.22. The number of hydrogen-bond acceptors (Lipinski definition) is 6. The van der Waals surface area contributed by atoms with Crippen LogP contribution in [0, 0.1) is 0 Å². The Labute approximate surface area is 255 Å². The lowest BCUT2D eigenvalue weighted by Crippen LogP contribution is -2.43. The first-order valence-corrected chi connectivity index (χ1v) is 14.4.